The standard InChI is InChI=1S/C10H8F3N3O/c11-10(12,13)17-8-3-1-7(2-4-8)16-9(14)5-6-15-16/h1-6H,14H2. The topological polar surface area (TPSA) is 53.1 Å². The summed E-state index contributed by atoms with van der Waals surface area (Å²) in [6.45, 7) is 0. The lowest BCUT2D eigenvalue weighted by atomic mass is 10.3. The lowest BCUT2D eigenvalue weighted by Crippen LogP contribution is -2.17. The number of aromatic nitrogens is 2. The maximum Gasteiger partial charge on any atom is 0.573 e. The molecular weight excluding hydrogens is 235 g/mol. The van der Waals surface area contributed by atoms with Crippen LogP contribution >= 0.6 is 0 Å². The SMILES string of the molecule is Nc1ccnn1-c1ccc(OC(F)(F)F)cc1. The van der Waals surface area contributed by atoms with Crippen LogP contribution in [0.25, 0.3) is 5.69 Å². The van der Waals surface area contributed by atoms with Gasteiger partial charge in [-0.25, -0.2) is 4.68 Å². The molecule has 7 heteroatoms. The Labute approximate surface area is 94.4 Å². The Bertz CT molecular complexity index is 504. The largest absolute Gasteiger partial charge is 0.573 e. The molecule has 0 amide bonds. The van der Waals surface area contributed by atoms with Crippen molar-refractivity contribution in [3.63, 3.8) is 0 Å². The van der Waals surface area contributed by atoms with E-state index in [0.29, 0.717) is 11.5 Å². The molecule has 0 saturated heterocycles. The molecule has 0 aliphatic heterocycles. The van der Waals surface area contributed by atoms with Gasteiger partial charge in [-0.3, -0.25) is 0 Å². The number of nitrogens with two attached hydrogens (primary N) is 1. The Kier molecular flexibility index (Phi) is 2.66. The summed E-state index contributed by atoms with van der Waals surface area (Å²) >= 11 is 0. The first kappa shape index (κ1) is 11.3. The first-order valence-electron chi connectivity index (χ1n) is 4.61. The van der Waals surface area contributed by atoms with Gasteiger partial charge in [0.2, 0.25) is 0 Å². The van der Waals surface area contributed by atoms with Gasteiger partial charge in [0.05, 0.1) is 11.9 Å². The molecule has 0 bridgehead atoms. The molecule has 90 valence electrons. The van der Waals surface area contributed by atoms with Crippen molar-refractivity contribution in [2.24, 2.45) is 0 Å². The van der Waals surface area contributed by atoms with E-state index in [-0.39, 0.29) is 5.75 Å². The minimum absolute atomic E-state index is 0.285. The van der Waals surface area contributed by atoms with Crippen molar-refractivity contribution in [2.75, 3.05) is 5.73 Å². The van der Waals surface area contributed by atoms with Crippen LogP contribution in [0.2, 0.25) is 0 Å². The number of rotatable bonds is 2. The molecule has 1 aromatic heterocycles. The third kappa shape index (κ3) is 2.68. The van der Waals surface area contributed by atoms with Crippen molar-refractivity contribution in [1.29, 1.82) is 0 Å². The molecule has 2 rings (SSSR count). The van der Waals surface area contributed by atoms with E-state index in [1.807, 2.05) is 0 Å². The zero-order valence-electron chi connectivity index (χ0n) is 8.48. The van der Waals surface area contributed by atoms with Crippen molar-refractivity contribution in [3.05, 3.63) is 36.5 Å². The quantitative estimate of drug-likeness (QED) is 0.880. The average Bonchev–Trinajstić information content (AvgIpc) is 2.63. The van der Waals surface area contributed by atoms with E-state index < -0.39 is 6.36 Å². The highest BCUT2D eigenvalue weighted by Crippen LogP contribution is 2.23. The van der Waals surface area contributed by atoms with Crippen molar-refractivity contribution in [2.45, 2.75) is 6.36 Å². The van der Waals surface area contributed by atoms with E-state index in [4.69, 9.17) is 5.73 Å². The maximum absolute atomic E-state index is 11.9. The first-order valence-corrected chi connectivity index (χ1v) is 4.61. The van der Waals surface area contributed by atoms with Gasteiger partial charge < -0.3 is 10.5 Å². The fourth-order valence-corrected chi connectivity index (χ4v) is 1.32. The molecule has 1 heterocycles. The number of ether oxygens (including phenoxy) is 1. The molecule has 0 saturated carbocycles. The zero-order chi connectivity index (χ0) is 12.5. The van der Waals surface area contributed by atoms with Gasteiger partial charge in [0, 0.05) is 6.07 Å². The van der Waals surface area contributed by atoms with Crippen LogP contribution in [0.4, 0.5) is 19.0 Å². The summed E-state index contributed by atoms with van der Waals surface area (Å²) in [4.78, 5) is 0. The average molecular weight is 243 g/mol. The second-order valence-corrected chi connectivity index (χ2v) is 3.21. The highest BCUT2D eigenvalue weighted by Gasteiger charge is 2.30. The Balaban J connectivity index is 2.22. The number of hydrogen-bond acceptors (Lipinski definition) is 3. The maximum atomic E-state index is 11.9. The summed E-state index contributed by atoms with van der Waals surface area (Å²) in [5, 5.41) is 3.92. The molecule has 2 N–H and O–H groups in total. The molecular formula is C10H8F3N3O. The first-order chi connectivity index (χ1) is 7.96. The molecule has 0 atom stereocenters. The van der Waals surface area contributed by atoms with Gasteiger partial charge in [-0.15, -0.1) is 13.2 Å². The summed E-state index contributed by atoms with van der Waals surface area (Å²) in [5.41, 5.74) is 6.16. The van der Waals surface area contributed by atoms with Crippen molar-refractivity contribution in [3.8, 4) is 11.4 Å². The van der Waals surface area contributed by atoms with E-state index in [0.717, 1.165) is 0 Å². The third-order valence-electron chi connectivity index (χ3n) is 1.99. The summed E-state index contributed by atoms with van der Waals surface area (Å²) in [7, 11) is 0. The molecule has 0 aliphatic carbocycles. The number of benzene rings is 1. The monoisotopic (exact) mass is 243 g/mol. The van der Waals surface area contributed by atoms with Crippen LogP contribution < -0.4 is 10.5 Å². The summed E-state index contributed by atoms with van der Waals surface area (Å²) in [5.74, 6) is 0.112. The minimum atomic E-state index is -4.69. The van der Waals surface area contributed by atoms with Crippen molar-refractivity contribution in [1.82, 2.24) is 9.78 Å². The molecule has 4 nitrogen and oxygen atoms in total. The van der Waals surface area contributed by atoms with Crippen LogP contribution in [-0.4, -0.2) is 16.1 Å². The fraction of sp³-hybridized carbons (Fsp3) is 0.100. The highest BCUT2D eigenvalue weighted by atomic mass is 19.4. The lowest BCUT2D eigenvalue weighted by molar-refractivity contribution is -0.274. The van der Waals surface area contributed by atoms with Crippen molar-refractivity contribution < 1.29 is 17.9 Å². The number of nitrogen functional groups attached to an aromatic ring is 1. The smallest absolute Gasteiger partial charge is 0.406 e. The summed E-state index contributed by atoms with van der Waals surface area (Å²) < 4.78 is 40.9. The third-order valence-corrected chi connectivity index (χ3v) is 1.99. The van der Waals surface area contributed by atoms with Crippen LogP contribution in [0.15, 0.2) is 36.5 Å². The number of halogens is 3. The number of nitrogens with zero attached hydrogens (tertiary/aromatic N) is 2. The Morgan fingerprint density at radius 1 is 1.12 bits per heavy atom. The lowest BCUT2D eigenvalue weighted by Gasteiger charge is -2.09. The molecule has 17 heavy (non-hydrogen) atoms. The summed E-state index contributed by atoms with van der Waals surface area (Å²) in [6, 6.07) is 6.85. The van der Waals surface area contributed by atoms with E-state index in [9.17, 15) is 13.2 Å². The normalized spacial score (nSPS) is 11.5. The van der Waals surface area contributed by atoms with Gasteiger partial charge in [-0.05, 0) is 24.3 Å². The molecule has 0 fully saturated rings. The minimum Gasteiger partial charge on any atom is -0.406 e. The molecule has 1 aromatic carbocycles. The molecule has 0 unspecified atom stereocenters. The van der Waals surface area contributed by atoms with E-state index in [1.165, 1.54) is 35.1 Å². The number of alkyl halides is 3. The zero-order valence-corrected chi connectivity index (χ0v) is 8.48. The van der Waals surface area contributed by atoms with E-state index in [2.05, 4.69) is 9.84 Å². The van der Waals surface area contributed by atoms with Gasteiger partial charge in [-0.2, -0.15) is 5.10 Å². The number of anilines is 1. The van der Waals surface area contributed by atoms with Gasteiger partial charge in [0.1, 0.15) is 11.6 Å². The van der Waals surface area contributed by atoms with Gasteiger partial charge >= 0.3 is 6.36 Å². The van der Waals surface area contributed by atoms with E-state index >= 15 is 0 Å². The predicted molar refractivity (Wildman–Crippen MR) is 54.7 cm³/mol. The Morgan fingerprint density at radius 3 is 2.24 bits per heavy atom. The molecule has 0 spiro atoms. The predicted octanol–water partition coefficient (Wildman–Crippen LogP) is 2.35. The Morgan fingerprint density at radius 2 is 1.76 bits per heavy atom. The highest BCUT2D eigenvalue weighted by molar-refractivity contribution is 5.43. The fourth-order valence-electron chi connectivity index (χ4n) is 1.32. The van der Waals surface area contributed by atoms with Crippen LogP contribution in [0.1, 0.15) is 0 Å². The second-order valence-electron chi connectivity index (χ2n) is 3.21. The van der Waals surface area contributed by atoms with Crippen LogP contribution in [0.3, 0.4) is 0 Å². The molecule has 0 aliphatic rings. The second kappa shape index (κ2) is 4.00. The van der Waals surface area contributed by atoms with Crippen LogP contribution in [0.5, 0.6) is 5.75 Å². The van der Waals surface area contributed by atoms with E-state index in [1.54, 1.807) is 6.07 Å². The molecule has 0 radical (unpaired) electrons. The molecule has 2 aromatic rings. The number of hydrogen-bond donors (Lipinski definition) is 1. The van der Waals surface area contributed by atoms with Crippen LogP contribution in [0, 0.1) is 0 Å². The van der Waals surface area contributed by atoms with Gasteiger partial charge in [0.15, 0.2) is 0 Å². The summed E-state index contributed by atoms with van der Waals surface area (Å²) in [6.07, 6.45) is -3.19. The van der Waals surface area contributed by atoms with Gasteiger partial charge in [0.25, 0.3) is 0 Å². The van der Waals surface area contributed by atoms with Crippen molar-refractivity contribution >= 4 is 5.82 Å². The Hall–Kier alpha value is -2.18. The van der Waals surface area contributed by atoms with Gasteiger partial charge in [-0.1, -0.05) is 0 Å². The van der Waals surface area contributed by atoms with Crippen LogP contribution in [-0.2, 0) is 0 Å².